The summed E-state index contributed by atoms with van der Waals surface area (Å²) in [6, 6.07) is 26.0. The van der Waals surface area contributed by atoms with Gasteiger partial charge in [0.2, 0.25) is 0 Å². The highest BCUT2D eigenvalue weighted by Crippen LogP contribution is 2.24. The van der Waals surface area contributed by atoms with E-state index in [1.165, 1.54) is 0 Å². The average molecular weight is 453 g/mol. The molecule has 5 heteroatoms. The molecule has 4 rings (SSSR count). The monoisotopic (exact) mass is 453 g/mol. The highest BCUT2D eigenvalue weighted by atomic mass is 127. The fourth-order valence-corrected chi connectivity index (χ4v) is 3.56. The summed E-state index contributed by atoms with van der Waals surface area (Å²) in [6.45, 7) is 0.486. The fourth-order valence-electron chi connectivity index (χ4n) is 2.84. The number of nitrogens with one attached hydrogen (secondary N) is 1. The van der Waals surface area contributed by atoms with Gasteiger partial charge in [-0.2, -0.15) is 5.10 Å². The largest absolute Gasteiger partial charge is 0.347 e. The molecule has 0 aliphatic heterocycles. The second-order valence-electron chi connectivity index (χ2n) is 5.97. The van der Waals surface area contributed by atoms with Crippen molar-refractivity contribution in [1.82, 2.24) is 14.9 Å². The van der Waals surface area contributed by atoms with Gasteiger partial charge in [0.05, 0.1) is 5.52 Å². The minimum atomic E-state index is -0.172. The Morgan fingerprint density at radius 1 is 0.923 bits per heavy atom. The summed E-state index contributed by atoms with van der Waals surface area (Å²) in [4.78, 5) is 12.5. The predicted octanol–water partition coefficient (Wildman–Crippen LogP) is 4.54. The van der Waals surface area contributed by atoms with Crippen LogP contribution in [0.15, 0.2) is 78.9 Å². The van der Waals surface area contributed by atoms with Gasteiger partial charge in [-0.05, 0) is 57.5 Å². The van der Waals surface area contributed by atoms with E-state index in [2.05, 4.69) is 57.3 Å². The van der Waals surface area contributed by atoms with Crippen molar-refractivity contribution < 1.29 is 4.79 Å². The maximum atomic E-state index is 12.5. The summed E-state index contributed by atoms with van der Waals surface area (Å²) in [6.07, 6.45) is 0. The lowest BCUT2D eigenvalue weighted by Crippen LogP contribution is -2.23. The van der Waals surface area contributed by atoms with E-state index in [-0.39, 0.29) is 5.91 Å². The number of amides is 1. The Morgan fingerprint density at radius 2 is 1.62 bits per heavy atom. The standard InChI is InChI=1S/C21H16IN3O/c22-20-12-17(16-9-5-2-6-10-16)11-18-13-19(24-25(18)20)21(26)23-14-15-7-3-1-4-8-15/h1-13H,14H2,(H,23,26). The van der Waals surface area contributed by atoms with Gasteiger partial charge in [-0.25, -0.2) is 4.52 Å². The van der Waals surface area contributed by atoms with Gasteiger partial charge in [0.25, 0.3) is 5.91 Å². The first-order chi connectivity index (χ1) is 12.7. The quantitative estimate of drug-likeness (QED) is 0.365. The van der Waals surface area contributed by atoms with Crippen LogP contribution in [0.5, 0.6) is 0 Å². The van der Waals surface area contributed by atoms with Crippen molar-refractivity contribution in [2.24, 2.45) is 0 Å². The highest BCUT2D eigenvalue weighted by molar-refractivity contribution is 14.1. The van der Waals surface area contributed by atoms with E-state index in [1.807, 2.05) is 54.6 Å². The summed E-state index contributed by atoms with van der Waals surface area (Å²) in [7, 11) is 0. The maximum Gasteiger partial charge on any atom is 0.272 e. The molecule has 0 radical (unpaired) electrons. The summed E-state index contributed by atoms with van der Waals surface area (Å²) in [5.74, 6) is -0.172. The summed E-state index contributed by atoms with van der Waals surface area (Å²) < 4.78 is 2.76. The van der Waals surface area contributed by atoms with E-state index >= 15 is 0 Å². The molecule has 1 N–H and O–H groups in total. The third-order valence-electron chi connectivity index (χ3n) is 4.15. The zero-order chi connectivity index (χ0) is 17.9. The van der Waals surface area contributed by atoms with Crippen LogP contribution >= 0.6 is 22.6 Å². The van der Waals surface area contributed by atoms with Gasteiger partial charge >= 0.3 is 0 Å². The molecule has 0 saturated heterocycles. The molecule has 2 aromatic carbocycles. The molecule has 0 bridgehead atoms. The van der Waals surface area contributed by atoms with Crippen LogP contribution in [0.3, 0.4) is 0 Å². The van der Waals surface area contributed by atoms with Crippen LogP contribution in [0.25, 0.3) is 16.6 Å². The van der Waals surface area contributed by atoms with Crippen LogP contribution in [0.1, 0.15) is 16.1 Å². The van der Waals surface area contributed by atoms with Crippen molar-refractivity contribution in [1.29, 1.82) is 0 Å². The zero-order valence-electron chi connectivity index (χ0n) is 13.9. The average Bonchev–Trinajstić information content (AvgIpc) is 3.12. The first-order valence-electron chi connectivity index (χ1n) is 8.27. The number of aromatic nitrogens is 2. The Bertz CT molecular complexity index is 1060. The molecule has 128 valence electrons. The number of nitrogens with zero attached hydrogens (tertiary/aromatic N) is 2. The van der Waals surface area contributed by atoms with Crippen molar-refractivity contribution in [3.8, 4) is 11.1 Å². The Kier molecular flexibility index (Phi) is 4.71. The first kappa shape index (κ1) is 16.8. The second kappa shape index (κ2) is 7.29. The van der Waals surface area contributed by atoms with E-state index in [0.29, 0.717) is 12.2 Å². The molecule has 0 spiro atoms. The number of hydrogen-bond acceptors (Lipinski definition) is 2. The molecule has 2 aromatic heterocycles. The van der Waals surface area contributed by atoms with Crippen LogP contribution < -0.4 is 5.32 Å². The predicted molar refractivity (Wildman–Crippen MR) is 111 cm³/mol. The fraction of sp³-hybridized carbons (Fsp3) is 0.0476. The van der Waals surface area contributed by atoms with E-state index in [0.717, 1.165) is 25.9 Å². The molecular weight excluding hydrogens is 437 g/mol. The number of pyridine rings is 1. The SMILES string of the molecule is O=C(NCc1ccccc1)c1cc2cc(-c3ccccc3)cc(I)n2n1. The summed E-state index contributed by atoms with van der Waals surface area (Å²) in [5.41, 5.74) is 4.64. The number of benzene rings is 2. The molecule has 0 saturated carbocycles. The Balaban J connectivity index is 1.61. The van der Waals surface area contributed by atoms with E-state index in [9.17, 15) is 4.79 Å². The second-order valence-corrected chi connectivity index (χ2v) is 7.07. The lowest BCUT2D eigenvalue weighted by Gasteiger charge is -2.04. The van der Waals surface area contributed by atoms with Gasteiger partial charge in [0.15, 0.2) is 5.69 Å². The number of hydrogen-bond donors (Lipinski definition) is 1. The Hall–Kier alpha value is -2.67. The van der Waals surface area contributed by atoms with E-state index in [1.54, 1.807) is 4.52 Å². The molecule has 4 nitrogen and oxygen atoms in total. The maximum absolute atomic E-state index is 12.5. The van der Waals surface area contributed by atoms with Crippen molar-refractivity contribution >= 4 is 34.0 Å². The third-order valence-corrected chi connectivity index (χ3v) is 4.92. The van der Waals surface area contributed by atoms with Gasteiger partial charge in [0, 0.05) is 6.54 Å². The molecule has 0 unspecified atom stereocenters. The molecule has 0 aliphatic carbocycles. The molecule has 0 fully saturated rings. The zero-order valence-corrected chi connectivity index (χ0v) is 16.1. The molecule has 1 amide bonds. The smallest absolute Gasteiger partial charge is 0.272 e. The summed E-state index contributed by atoms with van der Waals surface area (Å²) in [5, 5.41) is 7.38. The Morgan fingerprint density at radius 3 is 2.35 bits per heavy atom. The van der Waals surface area contributed by atoms with Gasteiger partial charge in [-0.15, -0.1) is 0 Å². The van der Waals surface area contributed by atoms with Crippen LogP contribution in [0.4, 0.5) is 0 Å². The number of halogens is 1. The van der Waals surface area contributed by atoms with Crippen LogP contribution in [0, 0.1) is 3.70 Å². The molecule has 2 heterocycles. The highest BCUT2D eigenvalue weighted by Gasteiger charge is 2.13. The summed E-state index contributed by atoms with van der Waals surface area (Å²) >= 11 is 2.25. The van der Waals surface area contributed by atoms with Gasteiger partial charge in [-0.3, -0.25) is 4.79 Å². The normalized spacial score (nSPS) is 10.8. The van der Waals surface area contributed by atoms with Crippen molar-refractivity contribution in [2.75, 3.05) is 0 Å². The van der Waals surface area contributed by atoms with Crippen molar-refractivity contribution in [3.05, 3.63) is 93.8 Å². The molecule has 4 aromatic rings. The van der Waals surface area contributed by atoms with Crippen LogP contribution in [-0.4, -0.2) is 15.5 Å². The minimum Gasteiger partial charge on any atom is -0.347 e. The van der Waals surface area contributed by atoms with Gasteiger partial charge in [0.1, 0.15) is 3.70 Å². The minimum absolute atomic E-state index is 0.172. The number of carbonyl (C=O) groups excluding carboxylic acids is 1. The van der Waals surface area contributed by atoms with Crippen molar-refractivity contribution in [3.63, 3.8) is 0 Å². The molecule has 26 heavy (non-hydrogen) atoms. The molecular formula is C21H16IN3O. The van der Waals surface area contributed by atoms with E-state index in [4.69, 9.17) is 0 Å². The van der Waals surface area contributed by atoms with Gasteiger partial charge in [-0.1, -0.05) is 60.7 Å². The number of fused-ring (bicyclic) bond motifs is 1. The Labute approximate surface area is 165 Å². The lowest BCUT2D eigenvalue weighted by molar-refractivity contribution is 0.0945. The van der Waals surface area contributed by atoms with Gasteiger partial charge < -0.3 is 5.32 Å². The molecule has 0 aliphatic rings. The van der Waals surface area contributed by atoms with Crippen molar-refractivity contribution in [2.45, 2.75) is 6.54 Å². The number of rotatable bonds is 4. The first-order valence-corrected chi connectivity index (χ1v) is 9.35. The third kappa shape index (κ3) is 3.48. The molecule has 0 atom stereocenters. The van der Waals surface area contributed by atoms with Crippen LogP contribution in [0.2, 0.25) is 0 Å². The van der Waals surface area contributed by atoms with Crippen LogP contribution in [-0.2, 0) is 6.54 Å². The topological polar surface area (TPSA) is 46.4 Å². The number of carbonyl (C=O) groups is 1. The van der Waals surface area contributed by atoms with E-state index < -0.39 is 0 Å². The lowest BCUT2D eigenvalue weighted by atomic mass is 10.1.